The van der Waals surface area contributed by atoms with Gasteiger partial charge in [0.2, 0.25) is 10.0 Å². The van der Waals surface area contributed by atoms with Gasteiger partial charge in [-0.25, -0.2) is 12.7 Å². The van der Waals surface area contributed by atoms with Crippen LogP contribution >= 0.6 is 0 Å². The zero-order valence-corrected chi connectivity index (χ0v) is 17.2. The molecule has 0 heterocycles. The lowest BCUT2D eigenvalue weighted by molar-refractivity contribution is 0.283. The monoisotopic (exact) mass is 380 g/mol. The van der Waals surface area contributed by atoms with Crippen molar-refractivity contribution >= 4 is 16.0 Å². The number of rotatable bonds is 7. The van der Waals surface area contributed by atoms with Crippen molar-refractivity contribution in [3.8, 4) is 0 Å². The molecule has 0 aromatic heterocycles. The van der Waals surface area contributed by atoms with Gasteiger partial charge in [-0.3, -0.25) is 4.99 Å². The first kappa shape index (κ1) is 20.7. The quantitative estimate of drug-likeness (QED) is 0.563. The molecule has 146 valence electrons. The molecular weight excluding hydrogens is 348 g/mol. The smallest absolute Gasteiger partial charge is 0.242 e. The first-order valence-corrected chi connectivity index (χ1v) is 10.7. The summed E-state index contributed by atoms with van der Waals surface area (Å²) in [6.45, 7) is 3.82. The van der Waals surface area contributed by atoms with Crippen LogP contribution in [0, 0.1) is 5.41 Å². The molecule has 1 aromatic carbocycles. The topological polar surface area (TPSA) is 73.8 Å². The molecule has 2 N–H and O–H groups in total. The van der Waals surface area contributed by atoms with Gasteiger partial charge in [0.05, 0.1) is 4.90 Å². The van der Waals surface area contributed by atoms with E-state index in [0.717, 1.165) is 18.1 Å². The number of sulfonamides is 1. The maximum atomic E-state index is 12.1. The minimum Gasteiger partial charge on any atom is -0.356 e. The van der Waals surface area contributed by atoms with E-state index < -0.39 is 10.0 Å². The molecule has 0 amide bonds. The summed E-state index contributed by atoms with van der Waals surface area (Å²) in [6, 6.07) is 6.96. The number of guanidine groups is 1. The Morgan fingerprint density at radius 3 is 2.27 bits per heavy atom. The highest BCUT2D eigenvalue weighted by molar-refractivity contribution is 7.89. The third-order valence-electron chi connectivity index (χ3n) is 5.43. The van der Waals surface area contributed by atoms with Crippen LogP contribution < -0.4 is 10.6 Å². The number of nitrogens with zero attached hydrogens (tertiary/aromatic N) is 2. The third-order valence-corrected chi connectivity index (χ3v) is 7.26. The second-order valence-corrected chi connectivity index (χ2v) is 9.42. The van der Waals surface area contributed by atoms with Crippen molar-refractivity contribution in [2.75, 3.05) is 27.7 Å². The van der Waals surface area contributed by atoms with Crippen LogP contribution in [0.2, 0.25) is 0 Å². The number of benzene rings is 1. The summed E-state index contributed by atoms with van der Waals surface area (Å²) in [5.74, 6) is 0.787. The summed E-state index contributed by atoms with van der Waals surface area (Å²) in [7, 11) is 1.46. The highest BCUT2D eigenvalue weighted by Crippen LogP contribution is 2.40. The number of hydrogen-bond acceptors (Lipinski definition) is 3. The van der Waals surface area contributed by atoms with E-state index in [-0.39, 0.29) is 0 Å². The largest absolute Gasteiger partial charge is 0.356 e. The Balaban J connectivity index is 1.90. The molecule has 0 spiro atoms. The Morgan fingerprint density at radius 1 is 1.15 bits per heavy atom. The third kappa shape index (κ3) is 4.98. The molecule has 0 radical (unpaired) electrons. The van der Waals surface area contributed by atoms with E-state index in [1.165, 1.54) is 50.5 Å². The highest BCUT2D eigenvalue weighted by atomic mass is 32.2. The van der Waals surface area contributed by atoms with E-state index in [2.05, 4.69) is 22.5 Å². The van der Waals surface area contributed by atoms with Crippen molar-refractivity contribution in [2.24, 2.45) is 10.4 Å². The fraction of sp³-hybridized carbons (Fsp3) is 0.632. The number of aliphatic imine (C=N–C) groups is 1. The van der Waals surface area contributed by atoms with Crippen molar-refractivity contribution in [1.82, 2.24) is 14.9 Å². The van der Waals surface area contributed by atoms with E-state index in [9.17, 15) is 8.42 Å². The minimum absolute atomic E-state index is 0.305. The normalized spacial score (nSPS) is 17.5. The van der Waals surface area contributed by atoms with Crippen molar-refractivity contribution in [1.29, 1.82) is 0 Å². The zero-order valence-electron chi connectivity index (χ0n) is 16.4. The Kier molecular flexibility index (Phi) is 7.06. The lowest BCUT2D eigenvalue weighted by Gasteiger charge is -2.28. The first-order chi connectivity index (χ1) is 12.3. The molecular formula is C19H32N4O2S. The van der Waals surface area contributed by atoms with Crippen LogP contribution in [0.15, 0.2) is 34.2 Å². The highest BCUT2D eigenvalue weighted by Gasteiger charge is 2.31. The van der Waals surface area contributed by atoms with Crippen LogP contribution in [0.1, 0.15) is 44.6 Å². The number of hydrogen-bond donors (Lipinski definition) is 2. The van der Waals surface area contributed by atoms with Crippen molar-refractivity contribution in [2.45, 2.75) is 50.5 Å². The van der Waals surface area contributed by atoms with E-state index in [1.54, 1.807) is 19.2 Å². The van der Waals surface area contributed by atoms with Gasteiger partial charge in [0, 0.05) is 34.2 Å². The lowest BCUT2D eigenvalue weighted by Crippen LogP contribution is -2.42. The van der Waals surface area contributed by atoms with Crippen LogP contribution in [-0.4, -0.2) is 46.4 Å². The molecule has 6 nitrogen and oxygen atoms in total. The van der Waals surface area contributed by atoms with Crippen LogP contribution in [0.3, 0.4) is 0 Å². The van der Waals surface area contributed by atoms with Crippen molar-refractivity contribution < 1.29 is 8.42 Å². The van der Waals surface area contributed by atoms with Gasteiger partial charge in [0.15, 0.2) is 5.96 Å². The van der Waals surface area contributed by atoms with Crippen LogP contribution in [-0.2, 0) is 16.6 Å². The summed E-state index contributed by atoms with van der Waals surface area (Å²) in [6.07, 6.45) is 6.41. The fourth-order valence-corrected chi connectivity index (χ4v) is 4.35. The first-order valence-electron chi connectivity index (χ1n) is 9.29. The van der Waals surface area contributed by atoms with E-state index in [0.29, 0.717) is 16.9 Å². The molecule has 1 saturated carbocycles. The summed E-state index contributed by atoms with van der Waals surface area (Å²) in [5, 5.41) is 6.77. The summed E-state index contributed by atoms with van der Waals surface area (Å²) in [5.41, 5.74) is 1.41. The Bertz CT molecular complexity index is 706. The van der Waals surface area contributed by atoms with Crippen LogP contribution in [0.4, 0.5) is 0 Å². The second-order valence-electron chi connectivity index (χ2n) is 7.27. The Morgan fingerprint density at radius 2 is 1.77 bits per heavy atom. The predicted molar refractivity (Wildman–Crippen MR) is 107 cm³/mol. The molecule has 0 bridgehead atoms. The summed E-state index contributed by atoms with van der Waals surface area (Å²) in [4.78, 5) is 4.61. The Labute approximate surface area is 158 Å². The maximum absolute atomic E-state index is 12.1. The zero-order chi connectivity index (χ0) is 19.2. The molecule has 1 aliphatic rings. The molecule has 7 heteroatoms. The maximum Gasteiger partial charge on any atom is 0.242 e. The average molecular weight is 381 g/mol. The van der Waals surface area contributed by atoms with Crippen LogP contribution in [0.25, 0.3) is 0 Å². The van der Waals surface area contributed by atoms with Crippen LogP contribution in [0.5, 0.6) is 0 Å². The molecule has 1 aliphatic carbocycles. The van der Waals surface area contributed by atoms with E-state index in [4.69, 9.17) is 0 Å². The summed E-state index contributed by atoms with van der Waals surface area (Å²) < 4.78 is 25.4. The molecule has 26 heavy (non-hydrogen) atoms. The lowest BCUT2D eigenvalue weighted by atomic mass is 9.83. The van der Waals surface area contributed by atoms with Gasteiger partial charge < -0.3 is 10.6 Å². The van der Waals surface area contributed by atoms with Gasteiger partial charge in [0.1, 0.15) is 0 Å². The van der Waals surface area contributed by atoms with E-state index in [1.807, 2.05) is 12.1 Å². The van der Waals surface area contributed by atoms with Gasteiger partial charge in [-0.05, 0) is 42.4 Å². The van der Waals surface area contributed by atoms with Gasteiger partial charge in [-0.15, -0.1) is 0 Å². The summed E-state index contributed by atoms with van der Waals surface area (Å²) >= 11 is 0. The predicted octanol–water partition coefficient (Wildman–Crippen LogP) is 2.57. The van der Waals surface area contributed by atoms with E-state index >= 15 is 0 Å². The Hall–Kier alpha value is -1.60. The van der Waals surface area contributed by atoms with Gasteiger partial charge in [-0.1, -0.05) is 31.9 Å². The van der Waals surface area contributed by atoms with Crippen molar-refractivity contribution in [3.63, 3.8) is 0 Å². The molecule has 0 atom stereocenters. The molecule has 0 saturated heterocycles. The fourth-order valence-electron chi connectivity index (χ4n) is 3.45. The standard InChI is InChI=1S/C19H32N4O2S/c1-5-19(12-6-7-13-19)15-22-18(20-2)21-14-16-8-10-17(11-9-16)26(24,25)23(3)4/h8-11H,5-7,12-15H2,1-4H3,(H2,20,21,22). The SMILES string of the molecule is CCC1(CNC(=NC)NCc2ccc(S(=O)(=O)N(C)C)cc2)CCCC1. The molecule has 0 unspecified atom stereocenters. The molecule has 2 rings (SSSR count). The number of nitrogens with one attached hydrogen (secondary N) is 2. The van der Waals surface area contributed by atoms with Gasteiger partial charge in [0.25, 0.3) is 0 Å². The van der Waals surface area contributed by atoms with Gasteiger partial charge in [-0.2, -0.15) is 0 Å². The molecule has 0 aliphatic heterocycles. The molecule has 1 fully saturated rings. The van der Waals surface area contributed by atoms with Crippen molar-refractivity contribution in [3.05, 3.63) is 29.8 Å². The van der Waals surface area contributed by atoms with Gasteiger partial charge >= 0.3 is 0 Å². The second kappa shape index (κ2) is 8.86. The minimum atomic E-state index is -3.38. The molecule has 1 aromatic rings. The average Bonchev–Trinajstić information content (AvgIpc) is 3.11.